The lowest BCUT2D eigenvalue weighted by molar-refractivity contribution is -0.378. The molecule has 0 aromatic rings. The first-order valence-corrected chi connectivity index (χ1v) is 20.4. The molecule has 4 aliphatic rings. The number of rotatable bonds is 18. The highest BCUT2D eigenvalue weighted by molar-refractivity contribution is 7.46. The molecule has 4 heterocycles. The molecule has 4 fully saturated rings. The normalized spacial score (nSPS) is 42.1. The molecule has 0 bridgehead atoms. The summed E-state index contributed by atoms with van der Waals surface area (Å²) in [5.74, 6) is -12.3. The number of carboxylic acids is 2. The van der Waals surface area contributed by atoms with Crippen molar-refractivity contribution in [3.05, 3.63) is 0 Å². The zero-order valence-corrected chi connectivity index (χ0v) is 34.0. The van der Waals surface area contributed by atoms with Gasteiger partial charge in [-0.3, -0.25) is 14.1 Å². The molecule has 2 amide bonds. The number of carbonyl (C=O) groups excluding carboxylic acids is 2. The van der Waals surface area contributed by atoms with Crippen molar-refractivity contribution in [1.29, 1.82) is 0 Å². The van der Waals surface area contributed by atoms with Crippen molar-refractivity contribution in [1.82, 2.24) is 10.6 Å². The third-order valence-electron chi connectivity index (χ3n) is 10.5. The van der Waals surface area contributed by atoms with Gasteiger partial charge in [0.25, 0.3) is 11.6 Å². The number of aliphatic carboxylic acids is 2. The van der Waals surface area contributed by atoms with Gasteiger partial charge in [0.15, 0.2) is 12.6 Å². The van der Waals surface area contributed by atoms with E-state index in [1.165, 1.54) is 0 Å². The van der Waals surface area contributed by atoms with E-state index < -0.39 is 193 Å². The highest BCUT2D eigenvalue weighted by Crippen LogP contribution is 2.44. The maximum absolute atomic E-state index is 13.1. The van der Waals surface area contributed by atoms with Crippen LogP contribution in [0, 0.1) is 0 Å². The van der Waals surface area contributed by atoms with Crippen molar-refractivity contribution in [2.24, 2.45) is 0 Å². The van der Waals surface area contributed by atoms with Crippen LogP contribution in [0.5, 0.6) is 0 Å². The minimum Gasteiger partial charge on any atom is -0.477 e. The van der Waals surface area contributed by atoms with E-state index in [0.717, 1.165) is 13.8 Å². The molecule has 4 saturated heterocycles. The number of nitrogens with one attached hydrogen (secondary N) is 2. The van der Waals surface area contributed by atoms with E-state index in [4.69, 9.17) is 37.7 Å². The third kappa shape index (κ3) is 12.2. The number of carboxylic acid groups (broad SMARTS) is 2. The molecule has 1 unspecified atom stereocenters. The number of phosphoric ester groups is 1. The Labute approximate surface area is 354 Å². The number of carbonyl (C=O) groups is 4. The second-order valence-corrected chi connectivity index (χ2v) is 16.3. The van der Waals surface area contributed by atoms with Crippen molar-refractivity contribution >= 4 is 31.6 Å². The average molecular weight is 945 g/mol. The highest BCUT2D eigenvalue weighted by Gasteiger charge is 2.62. The van der Waals surface area contributed by atoms with Crippen molar-refractivity contribution in [3.8, 4) is 0 Å². The summed E-state index contributed by atoms with van der Waals surface area (Å²) in [4.78, 5) is 69.0. The summed E-state index contributed by atoms with van der Waals surface area (Å²) in [6.45, 7) is -2.61. The minimum absolute atomic E-state index is 0.717. The fourth-order valence-corrected chi connectivity index (χ4v) is 7.95. The van der Waals surface area contributed by atoms with E-state index >= 15 is 0 Å². The van der Waals surface area contributed by atoms with Crippen LogP contribution in [0.25, 0.3) is 0 Å². The Morgan fingerprint density at radius 1 is 0.714 bits per heavy atom. The second kappa shape index (κ2) is 21.3. The van der Waals surface area contributed by atoms with Crippen LogP contribution in [0.3, 0.4) is 0 Å². The van der Waals surface area contributed by atoms with E-state index in [2.05, 4.69) is 10.6 Å². The van der Waals surface area contributed by atoms with E-state index in [1.807, 2.05) is 0 Å². The van der Waals surface area contributed by atoms with Crippen molar-refractivity contribution < 1.29 is 138 Å². The van der Waals surface area contributed by atoms with Gasteiger partial charge in [-0.05, 0) is 0 Å². The number of phosphoric acid groups is 1. The van der Waals surface area contributed by atoms with Crippen LogP contribution in [0.15, 0.2) is 0 Å². The molecule has 20 atom stereocenters. The fraction of sp³-hybridized carbons (Fsp3) is 0.875. The Morgan fingerprint density at radius 3 is 1.78 bits per heavy atom. The molecule has 0 spiro atoms. The number of hydrogen-bond donors (Lipinski definition) is 17. The van der Waals surface area contributed by atoms with Gasteiger partial charge in [-0.1, -0.05) is 0 Å². The van der Waals surface area contributed by atoms with Gasteiger partial charge in [0.05, 0.1) is 38.6 Å². The summed E-state index contributed by atoms with van der Waals surface area (Å²) >= 11 is 0. The monoisotopic (exact) mass is 944 g/mol. The van der Waals surface area contributed by atoms with Gasteiger partial charge in [-0.15, -0.1) is 0 Å². The molecule has 364 valence electrons. The largest absolute Gasteiger partial charge is 0.477 e. The Bertz CT molecular complexity index is 1640. The van der Waals surface area contributed by atoms with Gasteiger partial charge in [-0.2, -0.15) is 0 Å². The molecule has 0 radical (unpaired) electrons. The number of amides is 2. The number of aliphatic hydroxyl groups is 11. The molecular formula is C32H53N2O28P. The number of hydrogen-bond acceptors (Lipinski definition) is 24. The summed E-state index contributed by atoms with van der Waals surface area (Å²) < 4.78 is 55.4. The standard InChI is InChI=1S/C32H53N2O28P/c1-9(37)33-17-22(45)20(43)15(57-27(17)47)7-55-28-18(34-10(2)38)23(46)26(62-63(52,53)54)16(58-28)8-56-31(29(48)49)4-14(21(44)25(60-31)13(41)6-36)59-32(30(50)51)3-11(39)19(42)24(61-32)12(40)5-35/h11-28,35-36,39-47H,3-8H2,1-2H3,(H,33,37)(H,34,38)(H,48,49)(H,50,51)(H2,52,53,54)/t11?,12-,13-,14-,15-,16-,17-,18-,19-,20-,21-,22-,23-,24-,25-,26-,27+,28-,31-,32-/m1/s1. The quantitative estimate of drug-likeness (QED) is 0.0567. The second-order valence-electron chi connectivity index (χ2n) is 15.1. The van der Waals surface area contributed by atoms with Gasteiger partial charge in [0, 0.05) is 26.7 Å². The van der Waals surface area contributed by atoms with Crippen LogP contribution in [-0.4, -0.2) is 248 Å². The topological polar surface area (TPSA) is 487 Å². The molecule has 0 saturated carbocycles. The van der Waals surface area contributed by atoms with Crippen molar-refractivity contribution in [2.75, 3.05) is 26.4 Å². The summed E-state index contributed by atoms with van der Waals surface area (Å²) in [6.07, 6.45) is -35.7. The maximum Gasteiger partial charge on any atom is 0.470 e. The molecule has 4 aliphatic heterocycles. The zero-order valence-electron chi connectivity index (χ0n) is 33.1. The molecule has 63 heavy (non-hydrogen) atoms. The van der Waals surface area contributed by atoms with Crippen LogP contribution in [-0.2, 0) is 61.4 Å². The van der Waals surface area contributed by atoms with E-state index in [1.54, 1.807) is 0 Å². The third-order valence-corrected chi connectivity index (χ3v) is 11.0. The first-order chi connectivity index (χ1) is 29.2. The molecule has 31 heteroatoms. The van der Waals surface area contributed by atoms with E-state index in [0.29, 0.717) is 0 Å². The smallest absolute Gasteiger partial charge is 0.470 e. The van der Waals surface area contributed by atoms with Gasteiger partial charge in [0.2, 0.25) is 11.8 Å². The molecule has 30 nitrogen and oxygen atoms in total. The lowest BCUT2D eigenvalue weighted by Gasteiger charge is -2.50. The lowest BCUT2D eigenvalue weighted by Crippen LogP contribution is -2.69. The maximum atomic E-state index is 13.1. The number of ether oxygens (including phenoxy) is 7. The van der Waals surface area contributed by atoms with E-state index in [-0.39, 0.29) is 0 Å². The van der Waals surface area contributed by atoms with Crippen LogP contribution in [0.2, 0.25) is 0 Å². The summed E-state index contributed by atoms with van der Waals surface area (Å²) in [5.41, 5.74) is 0. The van der Waals surface area contributed by atoms with Crippen LogP contribution < -0.4 is 10.6 Å². The molecular weight excluding hydrogens is 891 g/mol. The first kappa shape index (κ1) is 52.9. The van der Waals surface area contributed by atoms with Crippen LogP contribution >= 0.6 is 7.82 Å². The van der Waals surface area contributed by atoms with Crippen molar-refractivity contribution in [3.63, 3.8) is 0 Å². The summed E-state index contributed by atoms with van der Waals surface area (Å²) in [7, 11) is -5.65. The predicted molar refractivity (Wildman–Crippen MR) is 190 cm³/mol. The molecule has 17 N–H and O–H groups in total. The van der Waals surface area contributed by atoms with Gasteiger partial charge >= 0.3 is 19.8 Å². The Kier molecular flexibility index (Phi) is 17.9. The van der Waals surface area contributed by atoms with Gasteiger partial charge in [0.1, 0.15) is 85.3 Å². The predicted octanol–water partition coefficient (Wildman–Crippen LogP) is -9.65. The summed E-state index contributed by atoms with van der Waals surface area (Å²) in [5, 5.41) is 140. The molecule has 0 aliphatic carbocycles. The van der Waals surface area contributed by atoms with E-state index in [9.17, 15) is 99.9 Å². The zero-order chi connectivity index (χ0) is 47.5. The van der Waals surface area contributed by atoms with Crippen LogP contribution in [0.1, 0.15) is 26.7 Å². The molecule has 0 aromatic carbocycles. The first-order valence-electron chi connectivity index (χ1n) is 18.9. The van der Waals surface area contributed by atoms with Gasteiger partial charge in [-0.25, -0.2) is 14.2 Å². The lowest BCUT2D eigenvalue weighted by atomic mass is 9.90. The highest BCUT2D eigenvalue weighted by atomic mass is 31.2. The molecule has 0 aromatic heterocycles. The summed E-state index contributed by atoms with van der Waals surface area (Å²) in [6, 6.07) is -3.35. The Balaban J connectivity index is 1.69. The Morgan fingerprint density at radius 2 is 1.25 bits per heavy atom. The fourth-order valence-electron chi connectivity index (χ4n) is 7.37. The Hall–Kier alpha value is -2.73. The SMILES string of the molecule is CC(=O)N[C@@H]1[C@@H](O)[C@H](O)[C@@H](CO[C@@H]2O[C@H](CO[C@]3(C(=O)O)C[C@@H](O[C@]4(C(=O)O)CC(O)[C@@H](O)[C@@H]([C@H](O)CO)O4)[C@@H](O)[C@@H]([C@H](O)CO)O3)[C@@H](OP(=O)(O)O)[C@H](O)[C@H]2NC(C)=O)O[C@@H]1O. The van der Waals surface area contributed by atoms with Crippen LogP contribution in [0.4, 0.5) is 0 Å². The average Bonchev–Trinajstić information content (AvgIpc) is 3.19. The van der Waals surface area contributed by atoms with Gasteiger partial charge < -0.3 is 120 Å². The van der Waals surface area contributed by atoms with Crippen molar-refractivity contribution in [2.45, 2.75) is 148 Å². The number of aliphatic hydroxyl groups excluding tert-OH is 11. The minimum atomic E-state index is -5.65. The molecule has 4 rings (SSSR count).